The van der Waals surface area contributed by atoms with E-state index in [0.717, 1.165) is 12.7 Å². The third kappa shape index (κ3) is 4.56. The van der Waals surface area contributed by atoms with Crippen LogP contribution in [-0.2, 0) is 9.59 Å². The van der Waals surface area contributed by atoms with E-state index in [-0.39, 0.29) is 23.3 Å². The highest BCUT2D eigenvalue weighted by Gasteiger charge is 2.19. The van der Waals surface area contributed by atoms with E-state index in [9.17, 15) is 9.59 Å². The summed E-state index contributed by atoms with van der Waals surface area (Å²) in [7, 11) is 0. The molecular weight excluding hydrogens is 218 g/mol. The van der Waals surface area contributed by atoms with Crippen molar-refractivity contribution in [2.45, 2.75) is 40.2 Å². The maximum absolute atomic E-state index is 11.7. The fraction of sp³-hybridized carbons (Fsp3) is 0.667. The quantitative estimate of drug-likeness (QED) is 0.298. The van der Waals surface area contributed by atoms with Crippen molar-refractivity contribution in [3.8, 4) is 0 Å². The monoisotopic (exact) mass is 241 g/mol. The molecule has 0 aromatic heterocycles. The fourth-order valence-electron chi connectivity index (χ4n) is 1.35. The number of hydrazine groups is 1. The molecule has 0 saturated carbocycles. The zero-order chi connectivity index (χ0) is 13.6. The van der Waals surface area contributed by atoms with Crippen LogP contribution in [-0.4, -0.2) is 23.1 Å². The predicted molar refractivity (Wildman–Crippen MR) is 67.4 cm³/mol. The van der Waals surface area contributed by atoms with E-state index in [1.807, 2.05) is 27.7 Å². The molecule has 0 fully saturated rings. The van der Waals surface area contributed by atoms with Crippen LogP contribution in [0.1, 0.15) is 34.1 Å². The molecular formula is C12H23N3O2. The van der Waals surface area contributed by atoms with Gasteiger partial charge in [0.15, 0.2) is 5.78 Å². The molecule has 0 spiro atoms. The Morgan fingerprint density at radius 2 is 1.88 bits per heavy atom. The molecule has 0 rings (SSSR count). The van der Waals surface area contributed by atoms with Crippen LogP contribution < -0.4 is 11.6 Å². The lowest BCUT2D eigenvalue weighted by Crippen LogP contribution is -2.42. The molecule has 0 aliphatic carbocycles. The number of Topliss-reactive ketones (excluding diaryl/α,β-unsaturated/α-hetero) is 1. The minimum atomic E-state index is -0.474. The van der Waals surface area contributed by atoms with Crippen molar-refractivity contribution < 1.29 is 9.59 Å². The summed E-state index contributed by atoms with van der Waals surface area (Å²) in [5, 5.41) is 1.20. The largest absolute Gasteiger partial charge is 0.395 e. The molecule has 0 radical (unpaired) electrons. The van der Waals surface area contributed by atoms with Gasteiger partial charge in [-0.15, -0.1) is 0 Å². The van der Waals surface area contributed by atoms with Crippen LogP contribution in [0.25, 0.3) is 0 Å². The number of allylic oxidation sites excluding steroid dienone is 1. The lowest BCUT2D eigenvalue weighted by molar-refractivity contribution is -0.119. The number of ketones is 1. The van der Waals surface area contributed by atoms with Gasteiger partial charge in [0.2, 0.25) is 0 Å². The van der Waals surface area contributed by atoms with Gasteiger partial charge in [0.25, 0.3) is 0 Å². The van der Waals surface area contributed by atoms with Crippen molar-refractivity contribution in [3.05, 3.63) is 11.9 Å². The van der Waals surface area contributed by atoms with Gasteiger partial charge in [-0.3, -0.25) is 4.79 Å². The maximum Gasteiger partial charge on any atom is 0.182 e. The summed E-state index contributed by atoms with van der Waals surface area (Å²) < 4.78 is 0. The first-order chi connectivity index (χ1) is 7.84. The highest BCUT2D eigenvalue weighted by atomic mass is 16.1. The summed E-state index contributed by atoms with van der Waals surface area (Å²) in [6, 6.07) is -0.474. The van der Waals surface area contributed by atoms with E-state index < -0.39 is 6.04 Å². The van der Waals surface area contributed by atoms with Crippen LogP contribution in [0.4, 0.5) is 0 Å². The zero-order valence-electron chi connectivity index (χ0n) is 11.0. The minimum Gasteiger partial charge on any atom is -0.395 e. The molecule has 0 aliphatic rings. The maximum atomic E-state index is 11.7. The highest BCUT2D eigenvalue weighted by molar-refractivity contribution is 5.95. The molecule has 0 heterocycles. The lowest BCUT2D eigenvalue weighted by Gasteiger charge is -2.25. The van der Waals surface area contributed by atoms with Crippen molar-refractivity contribution in [2.75, 3.05) is 0 Å². The smallest absolute Gasteiger partial charge is 0.182 e. The van der Waals surface area contributed by atoms with Gasteiger partial charge >= 0.3 is 0 Å². The Labute approximate surface area is 103 Å². The Hall–Kier alpha value is -1.36. The zero-order valence-corrected chi connectivity index (χ0v) is 11.0. The highest BCUT2D eigenvalue weighted by Crippen LogP contribution is 2.09. The summed E-state index contributed by atoms with van der Waals surface area (Å²) in [6.45, 7) is 7.47. The van der Waals surface area contributed by atoms with Crippen LogP contribution in [0.3, 0.4) is 0 Å². The number of aldehydes is 1. The number of nitrogens with zero attached hydrogens (tertiary/aromatic N) is 1. The van der Waals surface area contributed by atoms with Crippen molar-refractivity contribution in [3.63, 3.8) is 0 Å². The number of hydrogen-bond acceptors (Lipinski definition) is 5. The van der Waals surface area contributed by atoms with Gasteiger partial charge in [-0.25, -0.2) is 5.84 Å². The molecule has 17 heavy (non-hydrogen) atoms. The number of carbonyl (C=O) groups is 2. The fourth-order valence-corrected chi connectivity index (χ4v) is 1.35. The first-order valence-electron chi connectivity index (χ1n) is 5.84. The van der Waals surface area contributed by atoms with Crippen LogP contribution in [0, 0.1) is 11.8 Å². The Kier molecular flexibility index (Phi) is 6.50. The van der Waals surface area contributed by atoms with E-state index >= 15 is 0 Å². The molecule has 0 saturated heterocycles. The molecule has 4 N–H and O–H groups in total. The summed E-state index contributed by atoms with van der Waals surface area (Å²) in [6.07, 6.45) is 2.81. The van der Waals surface area contributed by atoms with E-state index in [0.29, 0.717) is 0 Å². The lowest BCUT2D eigenvalue weighted by atomic mass is 10.0. The van der Waals surface area contributed by atoms with Crippen LogP contribution >= 0.6 is 0 Å². The van der Waals surface area contributed by atoms with Crippen LogP contribution in [0.5, 0.6) is 0 Å². The Morgan fingerprint density at radius 1 is 1.35 bits per heavy atom. The van der Waals surface area contributed by atoms with Gasteiger partial charge in [0.05, 0.1) is 5.70 Å². The summed E-state index contributed by atoms with van der Waals surface area (Å²) >= 11 is 0. The molecule has 0 amide bonds. The molecule has 2 unspecified atom stereocenters. The SMILES string of the molecule is CCC(C)C(=O)/C(N)=C/N(N)C(C=O)C(C)C. The molecule has 0 bridgehead atoms. The van der Waals surface area contributed by atoms with Crippen molar-refractivity contribution in [1.82, 2.24) is 5.01 Å². The first-order valence-corrected chi connectivity index (χ1v) is 5.84. The number of carbonyl (C=O) groups excluding carboxylic acids is 2. The third-order valence-electron chi connectivity index (χ3n) is 2.80. The van der Waals surface area contributed by atoms with Gasteiger partial charge in [-0.1, -0.05) is 27.7 Å². The Bertz CT molecular complexity index is 300. The second kappa shape index (κ2) is 7.06. The number of hydrogen-bond donors (Lipinski definition) is 2. The van der Waals surface area contributed by atoms with Gasteiger partial charge in [-0.05, 0) is 12.3 Å². The van der Waals surface area contributed by atoms with Crippen LogP contribution in [0.15, 0.2) is 11.9 Å². The third-order valence-corrected chi connectivity index (χ3v) is 2.80. The molecule has 98 valence electrons. The van der Waals surface area contributed by atoms with Gasteiger partial charge < -0.3 is 15.5 Å². The van der Waals surface area contributed by atoms with E-state index in [1.54, 1.807) is 0 Å². The van der Waals surface area contributed by atoms with Crippen molar-refractivity contribution in [1.29, 1.82) is 0 Å². The van der Waals surface area contributed by atoms with Crippen LogP contribution in [0.2, 0.25) is 0 Å². The summed E-state index contributed by atoms with van der Waals surface area (Å²) in [5.74, 6) is 5.49. The van der Waals surface area contributed by atoms with Crippen molar-refractivity contribution >= 4 is 12.1 Å². The average molecular weight is 241 g/mol. The van der Waals surface area contributed by atoms with E-state index in [2.05, 4.69) is 0 Å². The summed E-state index contributed by atoms with van der Waals surface area (Å²) in [5.41, 5.74) is 5.75. The number of nitrogens with two attached hydrogens (primary N) is 2. The van der Waals surface area contributed by atoms with Gasteiger partial charge in [-0.2, -0.15) is 0 Å². The second-order valence-corrected chi connectivity index (χ2v) is 4.58. The average Bonchev–Trinajstić information content (AvgIpc) is 2.27. The van der Waals surface area contributed by atoms with Gasteiger partial charge in [0, 0.05) is 12.1 Å². The van der Waals surface area contributed by atoms with E-state index in [1.165, 1.54) is 11.2 Å². The first kappa shape index (κ1) is 15.6. The number of rotatable bonds is 7. The van der Waals surface area contributed by atoms with E-state index in [4.69, 9.17) is 11.6 Å². The Morgan fingerprint density at radius 3 is 2.24 bits per heavy atom. The minimum absolute atomic E-state index is 0.0558. The van der Waals surface area contributed by atoms with Crippen molar-refractivity contribution in [2.24, 2.45) is 23.4 Å². The molecule has 0 aliphatic heterocycles. The predicted octanol–water partition coefficient (Wildman–Crippen LogP) is 0.801. The topological polar surface area (TPSA) is 89.4 Å². The molecule has 5 nitrogen and oxygen atoms in total. The normalized spacial score (nSPS) is 15.5. The summed E-state index contributed by atoms with van der Waals surface area (Å²) in [4.78, 5) is 22.6. The standard InChI is InChI=1S/C12H23N3O2/c1-5-9(4)12(17)10(13)6-15(14)11(7-16)8(2)3/h6-9,11H,5,13-14H2,1-4H3/b10-6-. The second-order valence-electron chi connectivity index (χ2n) is 4.58. The Balaban J connectivity index is 4.77. The molecule has 2 atom stereocenters. The molecule has 0 aromatic rings. The molecule has 5 heteroatoms. The molecule has 0 aromatic carbocycles. The van der Waals surface area contributed by atoms with Gasteiger partial charge in [0.1, 0.15) is 12.3 Å².